The number of benzene rings is 2. The van der Waals surface area contributed by atoms with Crippen molar-refractivity contribution in [3.8, 4) is 11.5 Å². The maximum Gasteiger partial charge on any atom is 0.170 e. The number of carbonyl (C=O) groups excluding carboxylic acids is 1. The molecule has 0 radical (unpaired) electrons. The summed E-state index contributed by atoms with van der Waals surface area (Å²) in [5.41, 5.74) is 7.21. The second-order valence-electron chi connectivity index (χ2n) is 7.10. The van der Waals surface area contributed by atoms with E-state index in [2.05, 4.69) is 0 Å². The van der Waals surface area contributed by atoms with E-state index in [0.29, 0.717) is 29.9 Å². The molecular weight excluding hydrogens is 361 g/mol. The summed E-state index contributed by atoms with van der Waals surface area (Å²) in [4.78, 5) is 13.5. The molecule has 1 fully saturated rings. The Labute approximate surface area is 164 Å². The van der Waals surface area contributed by atoms with Gasteiger partial charge < -0.3 is 19.9 Å². The van der Waals surface area contributed by atoms with Crippen molar-refractivity contribution in [3.63, 3.8) is 0 Å². The number of carbonyl (C=O) groups is 1. The lowest BCUT2D eigenvalue weighted by Gasteiger charge is -2.35. The third-order valence-electron chi connectivity index (χ3n) is 5.59. The lowest BCUT2D eigenvalue weighted by Crippen LogP contribution is -2.32. The number of hydrogen-bond donors (Lipinski definition) is 1. The third-order valence-corrected chi connectivity index (χ3v) is 5.59. The Kier molecular flexibility index (Phi) is 6.19. The zero-order chi connectivity index (χ0) is 20.3. The molecule has 2 aromatic rings. The first-order chi connectivity index (χ1) is 13.5. The summed E-state index contributed by atoms with van der Waals surface area (Å²) in [5.74, 6) is 0.231. The van der Waals surface area contributed by atoms with Crippen LogP contribution in [0.3, 0.4) is 0 Å². The molecule has 0 aromatic heterocycles. The smallest absolute Gasteiger partial charge is 0.170 e. The molecule has 2 N–H and O–H groups in total. The van der Waals surface area contributed by atoms with Crippen LogP contribution in [0.2, 0.25) is 0 Å². The zero-order valence-electron chi connectivity index (χ0n) is 16.4. The van der Waals surface area contributed by atoms with E-state index < -0.39 is 5.82 Å². The molecule has 150 valence electrons. The number of halogens is 1. The lowest BCUT2D eigenvalue weighted by molar-refractivity contribution is 0.0430. The number of hydrogen-bond acceptors (Lipinski definition) is 5. The number of nitrogens with two attached hydrogens (primary N) is 1. The fourth-order valence-electron chi connectivity index (χ4n) is 4.03. The summed E-state index contributed by atoms with van der Waals surface area (Å²) in [5, 5.41) is 0. The number of Topliss-reactive ketones (excluding diaryl/α,β-unsaturated/α-hetero) is 1. The van der Waals surface area contributed by atoms with Crippen molar-refractivity contribution in [1.82, 2.24) is 0 Å². The maximum atomic E-state index is 13.7. The van der Waals surface area contributed by atoms with Crippen LogP contribution in [-0.2, 0) is 4.74 Å². The second kappa shape index (κ2) is 8.61. The predicted molar refractivity (Wildman–Crippen MR) is 106 cm³/mol. The number of nitrogen functional groups attached to an aromatic ring is 1. The van der Waals surface area contributed by atoms with Gasteiger partial charge in [0.25, 0.3) is 0 Å². The Morgan fingerprint density at radius 1 is 1.07 bits per heavy atom. The van der Waals surface area contributed by atoms with Crippen LogP contribution in [0.4, 0.5) is 10.1 Å². The molecule has 0 spiro atoms. The fraction of sp³-hybridized carbons (Fsp3) is 0.409. The van der Waals surface area contributed by atoms with Gasteiger partial charge in [-0.15, -0.1) is 0 Å². The molecule has 3 unspecified atom stereocenters. The SMILES string of the molecule is COc1ccc(OC)c(C(=O)C2CCC(OC)CC2c2ccc(F)c(N)c2)c1. The van der Waals surface area contributed by atoms with Gasteiger partial charge in [0.05, 0.1) is 31.6 Å². The fourth-order valence-corrected chi connectivity index (χ4v) is 4.03. The Balaban J connectivity index is 2.00. The second-order valence-corrected chi connectivity index (χ2v) is 7.10. The number of anilines is 1. The van der Waals surface area contributed by atoms with E-state index in [9.17, 15) is 9.18 Å². The first-order valence-corrected chi connectivity index (χ1v) is 9.32. The largest absolute Gasteiger partial charge is 0.497 e. The molecule has 1 aliphatic carbocycles. The molecule has 2 aromatic carbocycles. The number of ether oxygens (including phenoxy) is 3. The van der Waals surface area contributed by atoms with Gasteiger partial charge in [-0.3, -0.25) is 4.79 Å². The van der Waals surface area contributed by atoms with Gasteiger partial charge in [-0.05, 0) is 61.1 Å². The van der Waals surface area contributed by atoms with E-state index in [-0.39, 0.29) is 29.4 Å². The van der Waals surface area contributed by atoms with E-state index in [1.807, 2.05) is 0 Å². The normalized spacial score (nSPS) is 21.9. The number of rotatable bonds is 6. The van der Waals surface area contributed by atoms with Crippen molar-refractivity contribution in [2.45, 2.75) is 31.3 Å². The van der Waals surface area contributed by atoms with Gasteiger partial charge in [0.2, 0.25) is 0 Å². The molecule has 1 saturated carbocycles. The van der Waals surface area contributed by atoms with Crippen LogP contribution in [0.5, 0.6) is 11.5 Å². The van der Waals surface area contributed by atoms with Crippen molar-refractivity contribution < 1.29 is 23.4 Å². The molecule has 0 saturated heterocycles. The van der Waals surface area contributed by atoms with Crippen LogP contribution < -0.4 is 15.2 Å². The van der Waals surface area contributed by atoms with Gasteiger partial charge in [-0.25, -0.2) is 4.39 Å². The molecule has 28 heavy (non-hydrogen) atoms. The average Bonchev–Trinajstić information content (AvgIpc) is 2.74. The molecule has 1 aliphatic rings. The van der Waals surface area contributed by atoms with E-state index >= 15 is 0 Å². The number of ketones is 1. The van der Waals surface area contributed by atoms with Crippen molar-refractivity contribution in [3.05, 3.63) is 53.3 Å². The van der Waals surface area contributed by atoms with Gasteiger partial charge in [-0.1, -0.05) is 6.07 Å². The Hall–Kier alpha value is -2.60. The van der Waals surface area contributed by atoms with Crippen LogP contribution in [0.25, 0.3) is 0 Å². The summed E-state index contributed by atoms with van der Waals surface area (Å²) >= 11 is 0. The highest BCUT2D eigenvalue weighted by Gasteiger charge is 2.37. The highest BCUT2D eigenvalue weighted by molar-refractivity contribution is 6.01. The van der Waals surface area contributed by atoms with Crippen LogP contribution in [0.15, 0.2) is 36.4 Å². The Bertz CT molecular complexity index is 854. The Morgan fingerprint density at radius 3 is 2.50 bits per heavy atom. The van der Waals surface area contributed by atoms with E-state index in [4.69, 9.17) is 19.9 Å². The summed E-state index contributed by atoms with van der Waals surface area (Å²) in [6, 6.07) is 9.89. The van der Waals surface area contributed by atoms with Gasteiger partial charge in [0.15, 0.2) is 5.78 Å². The van der Waals surface area contributed by atoms with Gasteiger partial charge in [0, 0.05) is 13.0 Å². The average molecular weight is 387 g/mol. The molecule has 0 aliphatic heterocycles. The van der Waals surface area contributed by atoms with Crippen molar-refractivity contribution >= 4 is 11.5 Å². The quantitative estimate of drug-likeness (QED) is 0.594. The highest BCUT2D eigenvalue weighted by atomic mass is 19.1. The minimum atomic E-state index is -0.458. The summed E-state index contributed by atoms with van der Waals surface area (Å²) in [6.45, 7) is 0. The lowest BCUT2D eigenvalue weighted by atomic mass is 9.71. The molecule has 6 heteroatoms. The topological polar surface area (TPSA) is 70.8 Å². The van der Waals surface area contributed by atoms with Gasteiger partial charge in [0.1, 0.15) is 17.3 Å². The van der Waals surface area contributed by atoms with Crippen LogP contribution in [-0.4, -0.2) is 33.2 Å². The highest BCUT2D eigenvalue weighted by Crippen LogP contribution is 2.42. The van der Waals surface area contributed by atoms with E-state index in [1.165, 1.54) is 6.07 Å². The molecular formula is C22H26FNO4. The van der Waals surface area contributed by atoms with Crippen LogP contribution in [0, 0.1) is 11.7 Å². The minimum absolute atomic E-state index is 0.0156. The predicted octanol–water partition coefficient (Wildman–Crippen LogP) is 4.21. The standard InChI is InChI=1S/C22H26FNO4/c1-26-14-5-7-16(17(11-14)13-4-8-19(23)20(24)10-13)22(25)18-12-15(27-2)6-9-21(18)28-3/h4,6,8-10,12,14,16-17H,5,7,11,24H2,1-3H3. The van der Waals surface area contributed by atoms with E-state index in [0.717, 1.165) is 12.0 Å². The monoisotopic (exact) mass is 387 g/mol. The van der Waals surface area contributed by atoms with E-state index in [1.54, 1.807) is 51.7 Å². The van der Waals surface area contributed by atoms with Crippen LogP contribution >= 0.6 is 0 Å². The summed E-state index contributed by atoms with van der Waals surface area (Å²) in [6.07, 6.45) is 2.17. The van der Waals surface area contributed by atoms with Crippen LogP contribution in [0.1, 0.15) is 41.1 Å². The summed E-state index contributed by atoms with van der Waals surface area (Å²) < 4.78 is 29.9. The molecule has 0 amide bonds. The first kappa shape index (κ1) is 20.1. The van der Waals surface area contributed by atoms with Gasteiger partial charge in [-0.2, -0.15) is 0 Å². The Morgan fingerprint density at radius 2 is 1.86 bits per heavy atom. The molecule has 0 bridgehead atoms. The van der Waals surface area contributed by atoms with Crippen molar-refractivity contribution in [2.75, 3.05) is 27.1 Å². The maximum absolute atomic E-state index is 13.7. The summed E-state index contributed by atoms with van der Waals surface area (Å²) in [7, 11) is 4.77. The molecule has 3 atom stereocenters. The molecule has 3 rings (SSSR count). The van der Waals surface area contributed by atoms with Crippen molar-refractivity contribution in [1.29, 1.82) is 0 Å². The zero-order valence-corrected chi connectivity index (χ0v) is 16.4. The first-order valence-electron chi connectivity index (χ1n) is 9.32. The van der Waals surface area contributed by atoms with Gasteiger partial charge >= 0.3 is 0 Å². The molecule has 5 nitrogen and oxygen atoms in total. The number of methoxy groups -OCH3 is 3. The molecule has 0 heterocycles. The van der Waals surface area contributed by atoms with Crippen molar-refractivity contribution in [2.24, 2.45) is 5.92 Å². The third kappa shape index (κ3) is 3.97. The minimum Gasteiger partial charge on any atom is -0.497 e.